The van der Waals surface area contributed by atoms with Crippen LogP contribution in [0.5, 0.6) is 5.75 Å². The molecule has 0 spiro atoms. The molecule has 35 heavy (non-hydrogen) atoms. The minimum Gasteiger partial charge on any atom is -0.507 e. The summed E-state index contributed by atoms with van der Waals surface area (Å²) < 4.78 is 3.74. The Hall–Kier alpha value is -2.60. The fourth-order valence-electron chi connectivity index (χ4n) is 4.31. The number of Topliss-reactive ketones (excluding diaryl/α,β-unsaturated/α-hetero) is 1. The van der Waals surface area contributed by atoms with Crippen molar-refractivity contribution in [1.82, 2.24) is 9.13 Å². The van der Waals surface area contributed by atoms with E-state index in [1.165, 1.54) is 0 Å². The number of carbonyl (C=O) groups is 1. The molecule has 6 heteroatoms. The van der Waals surface area contributed by atoms with E-state index in [0.29, 0.717) is 17.7 Å². The molecular formula is C29H40BrN3O2. The molecule has 1 aromatic heterocycles. The van der Waals surface area contributed by atoms with Gasteiger partial charge < -0.3 is 14.2 Å². The van der Waals surface area contributed by atoms with Crippen molar-refractivity contribution in [3.63, 3.8) is 0 Å². The van der Waals surface area contributed by atoms with Gasteiger partial charge in [-0.2, -0.15) is 0 Å². The van der Waals surface area contributed by atoms with Crippen molar-refractivity contribution < 1.29 is 9.90 Å². The number of hydrogen-bond acceptors (Lipinski definition) is 3. The third-order valence-corrected chi connectivity index (χ3v) is 6.23. The van der Waals surface area contributed by atoms with Crippen molar-refractivity contribution in [1.29, 1.82) is 5.41 Å². The second-order valence-corrected chi connectivity index (χ2v) is 11.2. The van der Waals surface area contributed by atoms with Crippen LogP contribution in [-0.2, 0) is 30.3 Å². The molecule has 0 bridgehead atoms. The number of aromatic nitrogens is 2. The number of ketones is 1. The Bertz CT molecular complexity index is 1190. The number of imidazole rings is 1. The maximum absolute atomic E-state index is 13.5. The molecule has 0 aliphatic rings. The molecule has 0 radical (unpaired) electrons. The Morgan fingerprint density at radius 1 is 0.971 bits per heavy atom. The van der Waals surface area contributed by atoms with Crippen LogP contribution in [0.4, 0.5) is 0 Å². The van der Waals surface area contributed by atoms with Crippen LogP contribution in [0.25, 0.3) is 0 Å². The summed E-state index contributed by atoms with van der Waals surface area (Å²) in [5, 5.41) is 19.8. The molecule has 2 aromatic carbocycles. The molecule has 190 valence electrons. The summed E-state index contributed by atoms with van der Waals surface area (Å²) in [4.78, 5) is 13.5. The van der Waals surface area contributed by atoms with Crippen LogP contribution in [0.1, 0.15) is 87.6 Å². The van der Waals surface area contributed by atoms with E-state index in [2.05, 4.69) is 19.1 Å². The van der Waals surface area contributed by atoms with Gasteiger partial charge in [0.15, 0.2) is 5.78 Å². The summed E-state index contributed by atoms with van der Waals surface area (Å²) in [6.07, 6.45) is 3.76. The summed E-state index contributed by atoms with van der Waals surface area (Å²) in [5.41, 5.74) is 4.02. The lowest BCUT2D eigenvalue weighted by Crippen LogP contribution is -2.28. The monoisotopic (exact) mass is 541 g/mol. The number of hydrogen-bond donors (Lipinski definition) is 2. The highest BCUT2D eigenvalue weighted by molar-refractivity contribution is 8.93. The summed E-state index contributed by atoms with van der Waals surface area (Å²) in [5.74, 6) is 0.207. The first-order valence-corrected chi connectivity index (χ1v) is 12.1. The minimum atomic E-state index is -0.304. The number of nitrogens with one attached hydrogen (secondary N) is 1. The number of phenolic OH excluding ortho intramolecular Hbond substituents is 1. The lowest BCUT2D eigenvalue weighted by molar-refractivity contribution is 0.0970. The van der Waals surface area contributed by atoms with Crippen molar-refractivity contribution in [2.24, 2.45) is 0 Å². The number of aryl methyl sites for hydroxylation is 1. The molecule has 3 aromatic rings. The topological polar surface area (TPSA) is 71.0 Å². The number of rotatable bonds is 7. The standard InChI is InChI=1S/C29H39N3O2.BrH/c1-8-12-22-18-31(27(30)32(22)17-20-13-10-9-11-14-20)19-25(33)21-15-23(28(2,3)4)26(34)24(16-21)29(5,6)7;/h9-11,13-16,18,30,34H,8,12,17,19H2,1-7H3;1H. The Labute approximate surface area is 220 Å². The minimum absolute atomic E-state index is 0. The SMILES string of the molecule is Br.CCCc1cn(CC(=O)c2cc(C(C)(C)C)c(O)c(C(C)(C)C)c2)c(=N)n1Cc1ccccc1. The van der Waals surface area contributed by atoms with Crippen LogP contribution >= 0.6 is 17.0 Å². The molecular weight excluding hydrogens is 502 g/mol. The van der Waals surface area contributed by atoms with Crippen LogP contribution in [-0.4, -0.2) is 20.0 Å². The Kier molecular flexibility index (Phi) is 8.99. The van der Waals surface area contributed by atoms with Gasteiger partial charge in [-0.1, -0.05) is 85.2 Å². The van der Waals surface area contributed by atoms with Gasteiger partial charge in [-0.25, -0.2) is 0 Å². The van der Waals surface area contributed by atoms with E-state index in [1.807, 2.05) is 82.6 Å². The van der Waals surface area contributed by atoms with E-state index in [4.69, 9.17) is 5.41 Å². The number of aromatic hydroxyl groups is 1. The third-order valence-electron chi connectivity index (χ3n) is 6.23. The van der Waals surface area contributed by atoms with Crippen molar-refractivity contribution >= 4 is 22.8 Å². The van der Waals surface area contributed by atoms with Gasteiger partial charge in [0.05, 0.1) is 13.1 Å². The maximum Gasteiger partial charge on any atom is 0.202 e. The van der Waals surface area contributed by atoms with Gasteiger partial charge >= 0.3 is 0 Å². The van der Waals surface area contributed by atoms with Gasteiger partial charge in [0, 0.05) is 28.6 Å². The highest BCUT2D eigenvalue weighted by Gasteiger charge is 2.28. The van der Waals surface area contributed by atoms with Gasteiger partial charge in [0.25, 0.3) is 0 Å². The fraction of sp³-hybridized carbons (Fsp3) is 0.448. The summed E-state index contributed by atoms with van der Waals surface area (Å²) in [6, 6.07) is 13.8. The van der Waals surface area contributed by atoms with E-state index in [1.54, 1.807) is 4.57 Å². The van der Waals surface area contributed by atoms with Crippen LogP contribution in [0, 0.1) is 5.41 Å². The van der Waals surface area contributed by atoms with Crippen molar-refractivity contribution in [2.75, 3.05) is 0 Å². The lowest BCUT2D eigenvalue weighted by Gasteiger charge is -2.28. The normalized spacial score (nSPS) is 11.9. The van der Waals surface area contributed by atoms with Crippen LogP contribution in [0.15, 0.2) is 48.7 Å². The van der Waals surface area contributed by atoms with Gasteiger partial charge in [-0.3, -0.25) is 10.2 Å². The first-order chi connectivity index (χ1) is 15.8. The molecule has 2 N–H and O–H groups in total. The quantitative estimate of drug-likeness (QED) is 0.333. The highest BCUT2D eigenvalue weighted by Crippen LogP contribution is 2.39. The second kappa shape index (κ2) is 11.0. The number of benzene rings is 2. The zero-order chi connectivity index (χ0) is 25.3. The molecule has 0 aliphatic heterocycles. The van der Waals surface area contributed by atoms with Crippen LogP contribution in [0.3, 0.4) is 0 Å². The Morgan fingerprint density at radius 3 is 2.00 bits per heavy atom. The van der Waals surface area contributed by atoms with Gasteiger partial charge in [-0.05, 0) is 34.9 Å². The predicted octanol–water partition coefficient (Wildman–Crippen LogP) is 6.53. The van der Waals surface area contributed by atoms with Crippen molar-refractivity contribution in [2.45, 2.75) is 85.2 Å². The molecule has 5 nitrogen and oxygen atoms in total. The third kappa shape index (κ3) is 6.54. The molecule has 0 fully saturated rings. The van der Waals surface area contributed by atoms with E-state index < -0.39 is 0 Å². The highest BCUT2D eigenvalue weighted by atomic mass is 79.9. The molecule has 0 atom stereocenters. The largest absolute Gasteiger partial charge is 0.507 e. The fourth-order valence-corrected chi connectivity index (χ4v) is 4.31. The van der Waals surface area contributed by atoms with E-state index in [0.717, 1.165) is 35.2 Å². The summed E-state index contributed by atoms with van der Waals surface area (Å²) in [6.45, 7) is 15.1. The van der Waals surface area contributed by atoms with E-state index in [9.17, 15) is 9.90 Å². The maximum atomic E-state index is 13.5. The zero-order valence-electron chi connectivity index (χ0n) is 22.1. The molecule has 0 saturated heterocycles. The van der Waals surface area contributed by atoms with Gasteiger partial charge in [0.2, 0.25) is 5.62 Å². The number of phenols is 1. The average molecular weight is 543 g/mol. The average Bonchev–Trinajstić information content (AvgIpc) is 3.02. The summed E-state index contributed by atoms with van der Waals surface area (Å²) >= 11 is 0. The first-order valence-electron chi connectivity index (χ1n) is 12.1. The van der Waals surface area contributed by atoms with E-state index >= 15 is 0 Å². The second-order valence-electron chi connectivity index (χ2n) is 11.2. The van der Waals surface area contributed by atoms with Gasteiger partial charge in [-0.15, -0.1) is 17.0 Å². The zero-order valence-corrected chi connectivity index (χ0v) is 23.8. The molecule has 0 aliphatic carbocycles. The molecule has 3 rings (SSSR count). The predicted molar refractivity (Wildman–Crippen MR) is 148 cm³/mol. The van der Waals surface area contributed by atoms with Gasteiger partial charge in [0.1, 0.15) is 5.75 Å². The molecule has 0 unspecified atom stereocenters. The lowest BCUT2D eigenvalue weighted by atomic mass is 9.78. The smallest absolute Gasteiger partial charge is 0.202 e. The van der Waals surface area contributed by atoms with Crippen molar-refractivity contribution in [3.8, 4) is 5.75 Å². The number of carbonyl (C=O) groups excluding carboxylic acids is 1. The number of nitrogens with zero attached hydrogens (tertiary/aromatic N) is 2. The van der Waals surface area contributed by atoms with Crippen molar-refractivity contribution in [3.05, 3.63) is 82.2 Å². The molecule has 0 amide bonds. The summed E-state index contributed by atoms with van der Waals surface area (Å²) in [7, 11) is 0. The van der Waals surface area contributed by atoms with Crippen LogP contribution in [0.2, 0.25) is 0 Å². The Balaban J connectivity index is 0.00000432. The molecule has 1 heterocycles. The Morgan fingerprint density at radius 2 is 1.51 bits per heavy atom. The molecule has 0 saturated carbocycles. The number of halogens is 1. The van der Waals surface area contributed by atoms with E-state index in [-0.39, 0.29) is 45.9 Å². The van der Waals surface area contributed by atoms with Crippen LogP contribution < -0.4 is 5.62 Å². The first kappa shape index (κ1) is 28.6.